The van der Waals surface area contributed by atoms with E-state index in [-0.39, 0.29) is 16.8 Å². The Balaban J connectivity index is 1.38. The predicted molar refractivity (Wildman–Crippen MR) is 195 cm³/mol. The number of benzene rings is 6. The summed E-state index contributed by atoms with van der Waals surface area (Å²) in [5.74, 6) is -0.364. The van der Waals surface area contributed by atoms with E-state index in [9.17, 15) is 4.79 Å². The van der Waals surface area contributed by atoms with Crippen LogP contribution in [0.4, 0.5) is 0 Å². The van der Waals surface area contributed by atoms with Crippen molar-refractivity contribution in [1.29, 1.82) is 0 Å². The van der Waals surface area contributed by atoms with Crippen molar-refractivity contribution in [2.75, 3.05) is 6.61 Å². The molecule has 2 nitrogen and oxygen atoms in total. The fourth-order valence-electron chi connectivity index (χ4n) is 7.89. The fraction of sp³-hybridized carbons (Fsp3) is 0.250. The first-order chi connectivity index (χ1) is 22.2. The van der Waals surface area contributed by atoms with Crippen molar-refractivity contribution in [3.8, 4) is 22.3 Å². The Bertz CT molecular complexity index is 2140. The molecular formula is C44H42O2. The van der Waals surface area contributed by atoms with E-state index in [1.807, 2.05) is 0 Å². The maximum Gasteiger partial charge on any atom is 0.330 e. The number of hydrogen-bond acceptors (Lipinski definition) is 2. The molecule has 0 saturated carbocycles. The number of fused-ring (bicyclic) bond motifs is 3. The van der Waals surface area contributed by atoms with Crippen LogP contribution in [0, 0.1) is 0 Å². The van der Waals surface area contributed by atoms with Crippen molar-refractivity contribution in [1.82, 2.24) is 0 Å². The van der Waals surface area contributed by atoms with Crippen LogP contribution in [-0.4, -0.2) is 12.6 Å². The first-order valence-corrected chi connectivity index (χ1v) is 16.6. The van der Waals surface area contributed by atoms with Gasteiger partial charge >= 0.3 is 5.97 Å². The quantitative estimate of drug-likeness (QED) is 0.0541. The molecule has 46 heavy (non-hydrogen) atoms. The van der Waals surface area contributed by atoms with Gasteiger partial charge in [-0.2, -0.15) is 0 Å². The Labute approximate surface area is 272 Å². The van der Waals surface area contributed by atoms with Crippen molar-refractivity contribution >= 4 is 38.3 Å². The molecule has 0 spiro atoms. The number of esters is 1. The normalized spacial score (nSPS) is 15.7. The largest absolute Gasteiger partial charge is 0.463 e. The molecule has 0 radical (unpaired) electrons. The van der Waals surface area contributed by atoms with E-state index in [1.165, 1.54) is 82.9 Å². The Kier molecular flexibility index (Phi) is 7.35. The zero-order chi connectivity index (χ0) is 32.2. The van der Waals surface area contributed by atoms with E-state index >= 15 is 0 Å². The van der Waals surface area contributed by atoms with Crippen molar-refractivity contribution in [2.24, 2.45) is 0 Å². The molecule has 1 aliphatic rings. The van der Waals surface area contributed by atoms with Crippen molar-refractivity contribution < 1.29 is 9.53 Å². The lowest BCUT2D eigenvalue weighted by atomic mass is 9.68. The van der Waals surface area contributed by atoms with E-state index in [0.717, 1.165) is 25.7 Å². The Morgan fingerprint density at radius 2 is 1.46 bits per heavy atom. The summed E-state index contributed by atoms with van der Waals surface area (Å²) in [7, 11) is 0. The van der Waals surface area contributed by atoms with Gasteiger partial charge in [0, 0.05) is 11.5 Å². The summed E-state index contributed by atoms with van der Waals surface area (Å²) in [5, 5.41) is 7.87. The average Bonchev–Trinajstić information content (AvgIpc) is 3.35. The average molecular weight is 603 g/mol. The molecular weight excluding hydrogens is 560 g/mol. The highest BCUT2D eigenvalue weighted by atomic mass is 16.5. The first-order valence-electron chi connectivity index (χ1n) is 16.6. The van der Waals surface area contributed by atoms with Gasteiger partial charge in [0.1, 0.15) is 0 Å². The Hall–Kier alpha value is -4.69. The Morgan fingerprint density at radius 3 is 2.20 bits per heavy atom. The summed E-state index contributed by atoms with van der Waals surface area (Å²) >= 11 is 0. The summed E-state index contributed by atoms with van der Waals surface area (Å²) in [5.41, 5.74) is 10.1. The van der Waals surface area contributed by atoms with Crippen LogP contribution in [0.1, 0.15) is 70.1 Å². The van der Waals surface area contributed by atoms with Crippen LogP contribution in [0.3, 0.4) is 0 Å². The van der Waals surface area contributed by atoms with E-state index in [1.54, 1.807) is 0 Å². The van der Waals surface area contributed by atoms with Gasteiger partial charge in [-0.1, -0.05) is 131 Å². The molecule has 0 heterocycles. The van der Waals surface area contributed by atoms with Crippen LogP contribution in [0.5, 0.6) is 0 Å². The smallest absolute Gasteiger partial charge is 0.330 e. The molecule has 0 saturated heterocycles. The lowest BCUT2D eigenvalue weighted by Gasteiger charge is -2.35. The fourth-order valence-corrected chi connectivity index (χ4v) is 7.89. The minimum atomic E-state index is -0.364. The number of unbranched alkanes of at least 4 members (excludes halogenated alkanes) is 1. The molecule has 1 aliphatic carbocycles. The maximum atomic E-state index is 11.7. The summed E-state index contributed by atoms with van der Waals surface area (Å²) < 4.78 is 5.32. The van der Waals surface area contributed by atoms with Gasteiger partial charge in [-0.25, -0.2) is 4.79 Å². The standard InChI is InChI=1S/C44H42O2/c1-7-28(3)44(23-11-12-24-46-40(45)8-2)38-14-10-9-13-35(38)36-21-18-30(27-39(36)44)34-20-17-29-15-16-31-25-33(43(4,5)6)26-32-19-22-37(34)42(29)41(31)32/h8-10,13-22,25-27H,2-3,7,11-12,23-24H2,1,4-6H3. The third-order valence-electron chi connectivity index (χ3n) is 10.3. The van der Waals surface area contributed by atoms with E-state index in [2.05, 4.69) is 125 Å². The van der Waals surface area contributed by atoms with E-state index in [4.69, 9.17) is 11.3 Å². The van der Waals surface area contributed by atoms with Crippen molar-refractivity contribution in [3.63, 3.8) is 0 Å². The van der Waals surface area contributed by atoms with Gasteiger partial charge in [-0.3, -0.25) is 0 Å². The van der Waals surface area contributed by atoms with Crippen LogP contribution < -0.4 is 0 Å². The van der Waals surface area contributed by atoms with Crippen LogP contribution in [0.15, 0.2) is 116 Å². The van der Waals surface area contributed by atoms with Gasteiger partial charge in [0.15, 0.2) is 0 Å². The molecule has 0 bridgehead atoms. The summed E-state index contributed by atoms with van der Waals surface area (Å²) in [4.78, 5) is 11.7. The first kappa shape index (κ1) is 30.0. The minimum absolute atomic E-state index is 0.0860. The number of ether oxygens (including phenoxy) is 1. The number of carbonyl (C=O) groups is 1. The molecule has 1 atom stereocenters. The third-order valence-corrected chi connectivity index (χ3v) is 10.3. The SMILES string of the molecule is C=CC(=O)OCCCCC1(C(=C)CC)c2ccccc2-c2ccc(-c3ccc4ccc5cc(C(C)(C)C)cc6ccc3c4c56)cc21. The summed E-state index contributed by atoms with van der Waals surface area (Å²) in [6.45, 7) is 17.7. The molecule has 2 heteroatoms. The van der Waals surface area contributed by atoms with Gasteiger partial charge in [0.05, 0.1) is 6.61 Å². The van der Waals surface area contributed by atoms with Gasteiger partial charge in [0.25, 0.3) is 0 Å². The maximum absolute atomic E-state index is 11.7. The lowest BCUT2D eigenvalue weighted by Crippen LogP contribution is -2.27. The van der Waals surface area contributed by atoms with Crippen LogP contribution in [0.25, 0.3) is 54.6 Å². The molecule has 7 rings (SSSR count). The number of allylic oxidation sites excluding steroid dienone is 1. The van der Waals surface area contributed by atoms with E-state index < -0.39 is 0 Å². The highest BCUT2D eigenvalue weighted by molar-refractivity contribution is 6.25. The molecule has 0 aromatic heterocycles. The second-order valence-corrected chi connectivity index (χ2v) is 13.9. The number of hydrogen-bond donors (Lipinski definition) is 0. The third kappa shape index (κ3) is 4.66. The van der Waals surface area contributed by atoms with Gasteiger partial charge in [-0.05, 0) is 108 Å². The summed E-state index contributed by atoms with van der Waals surface area (Å²) in [6.07, 6.45) is 4.73. The molecule has 0 N–H and O–H groups in total. The second-order valence-electron chi connectivity index (χ2n) is 13.9. The topological polar surface area (TPSA) is 26.3 Å². The van der Waals surface area contributed by atoms with Crippen LogP contribution in [0.2, 0.25) is 0 Å². The van der Waals surface area contributed by atoms with Crippen LogP contribution >= 0.6 is 0 Å². The molecule has 230 valence electrons. The van der Waals surface area contributed by atoms with Crippen LogP contribution in [-0.2, 0) is 20.4 Å². The number of carbonyl (C=O) groups excluding carboxylic acids is 1. The monoisotopic (exact) mass is 602 g/mol. The molecule has 6 aromatic rings. The zero-order valence-corrected chi connectivity index (χ0v) is 27.5. The van der Waals surface area contributed by atoms with E-state index in [0.29, 0.717) is 6.61 Å². The molecule has 0 amide bonds. The molecule has 6 aromatic carbocycles. The van der Waals surface area contributed by atoms with Crippen molar-refractivity contribution in [3.05, 3.63) is 132 Å². The summed E-state index contributed by atoms with van der Waals surface area (Å²) in [6, 6.07) is 34.5. The Morgan fingerprint density at radius 1 is 0.783 bits per heavy atom. The molecule has 0 aliphatic heterocycles. The van der Waals surface area contributed by atoms with Gasteiger partial charge in [0.2, 0.25) is 0 Å². The van der Waals surface area contributed by atoms with Crippen molar-refractivity contribution in [2.45, 2.75) is 64.2 Å². The lowest BCUT2D eigenvalue weighted by molar-refractivity contribution is -0.137. The zero-order valence-electron chi connectivity index (χ0n) is 27.5. The van der Waals surface area contributed by atoms with Gasteiger partial charge in [-0.15, -0.1) is 0 Å². The minimum Gasteiger partial charge on any atom is -0.463 e. The van der Waals surface area contributed by atoms with Gasteiger partial charge < -0.3 is 4.74 Å². The molecule has 0 fully saturated rings. The molecule has 1 unspecified atom stereocenters. The second kappa shape index (κ2) is 11.3. The highest BCUT2D eigenvalue weighted by Gasteiger charge is 2.44. The predicted octanol–water partition coefficient (Wildman–Crippen LogP) is 11.7. The number of rotatable bonds is 9. The highest BCUT2D eigenvalue weighted by Crippen LogP contribution is 2.56.